The van der Waals surface area contributed by atoms with Crippen LogP contribution in [-0.2, 0) is 21.2 Å². The van der Waals surface area contributed by atoms with Crippen LogP contribution >= 0.6 is 0 Å². The van der Waals surface area contributed by atoms with E-state index in [0.717, 1.165) is 40.3 Å². The SMILES string of the molecule is CCc1ccc(N(CC(=O)N[C@H](CC(C)C)c2ccc(OC)cc2)S(C)(=O)=O)cc1. The molecule has 30 heavy (non-hydrogen) atoms. The highest BCUT2D eigenvalue weighted by atomic mass is 32.2. The molecule has 0 bridgehead atoms. The molecule has 0 unspecified atom stereocenters. The van der Waals surface area contributed by atoms with Crippen molar-refractivity contribution >= 4 is 21.6 Å². The topological polar surface area (TPSA) is 75.7 Å². The zero-order chi connectivity index (χ0) is 22.3. The van der Waals surface area contributed by atoms with Crippen LogP contribution in [-0.4, -0.2) is 34.2 Å². The molecule has 0 aliphatic carbocycles. The number of ether oxygens (including phenoxy) is 1. The largest absolute Gasteiger partial charge is 0.497 e. The van der Waals surface area contributed by atoms with E-state index in [1.807, 2.05) is 43.3 Å². The number of anilines is 1. The van der Waals surface area contributed by atoms with Gasteiger partial charge in [-0.15, -0.1) is 0 Å². The number of rotatable bonds is 10. The molecule has 1 atom stereocenters. The molecule has 1 amide bonds. The fourth-order valence-electron chi connectivity index (χ4n) is 3.25. The normalized spacial score (nSPS) is 12.5. The summed E-state index contributed by atoms with van der Waals surface area (Å²) in [6.07, 6.45) is 2.71. The molecule has 0 fully saturated rings. The van der Waals surface area contributed by atoms with E-state index in [2.05, 4.69) is 19.2 Å². The Hall–Kier alpha value is -2.54. The van der Waals surface area contributed by atoms with Crippen molar-refractivity contribution in [3.63, 3.8) is 0 Å². The maximum atomic E-state index is 12.8. The molecule has 1 N–H and O–H groups in total. The zero-order valence-electron chi connectivity index (χ0n) is 18.4. The smallest absolute Gasteiger partial charge is 0.241 e. The van der Waals surface area contributed by atoms with Gasteiger partial charge in [-0.3, -0.25) is 9.10 Å². The number of nitrogens with zero attached hydrogens (tertiary/aromatic N) is 1. The number of carbonyl (C=O) groups excluding carboxylic acids is 1. The van der Waals surface area contributed by atoms with Crippen molar-refractivity contribution in [1.82, 2.24) is 5.32 Å². The lowest BCUT2D eigenvalue weighted by molar-refractivity contribution is -0.120. The lowest BCUT2D eigenvalue weighted by atomic mass is 9.97. The van der Waals surface area contributed by atoms with Crippen LogP contribution in [0, 0.1) is 5.92 Å². The van der Waals surface area contributed by atoms with Crippen LogP contribution in [0.15, 0.2) is 48.5 Å². The zero-order valence-corrected chi connectivity index (χ0v) is 19.2. The third-order valence-corrected chi connectivity index (χ3v) is 6.02. The quantitative estimate of drug-likeness (QED) is 0.617. The molecule has 0 spiro atoms. The number of methoxy groups -OCH3 is 1. The molecule has 0 saturated heterocycles. The Morgan fingerprint density at radius 2 is 1.67 bits per heavy atom. The van der Waals surface area contributed by atoms with E-state index in [9.17, 15) is 13.2 Å². The second-order valence-corrected chi connectivity index (χ2v) is 9.72. The molecule has 0 heterocycles. The van der Waals surface area contributed by atoms with Crippen LogP contribution in [0.4, 0.5) is 5.69 Å². The number of benzene rings is 2. The number of hydrogen-bond donors (Lipinski definition) is 1. The summed E-state index contributed by atoms with van der Waals surface area (Å²) in [4.78, 5) is 12.8. The molecule has 164 valence electrons. The van der Waals surface area contributed by atoms with Crippen molar-refractivity contribution in [2.45, 2.75) is 39.7 Å². The van der Waals surface area contributed by atoms with Crippen molar-refractivity contribution in [2.24, 2.45) is 5.92 Å². The number of carbonyl (C=O) groups is 1. The molecule has 6 nitrogen and oxygen atoms in total. The van der Waals surface area contributed by atoms with E-state index in [1.165, 1.54) is 0 Å². The Morgan fingerprint density at radius 3 is 2.13 bits per heavy atom. The molecule has 0 aliphatic heterocycles. The van der Waals surface area contributed by atoms with Gasteiger partial charge in [0.25, 0.3) is 0 Å². The van der Waals surface area contributed by atoms with Crippen LogP contribution in [0.5, 0.6) is 5.75 Å². The first kappa shape index (κ1) is 23.7. The molecule has 2 rings (SSSR count). The first-order valence-corrected chi connectivity index (χ1v) is 12.0. The monoisotopic (exact) mass is 432 g/mol. The van der Waals surface area contributed by atoms with Crippen LogP contribution in [0.1, 0.15) is 44.4 Å². The average Bonchev–Trinajstić information content (AvgIpc) is 2.70. The molecule has 0 aliphatic rings. The number of amides is 1. The van der Waals surface area contributed by atoms with Crippen molar-refractivity contribution in [1.29, 1.82) is 0 Å². The molecular weight excluding hydrogens is 400 g/mol. The Morgan fingerprint density at radius 1 is 1.07 bits per heavy atom. The lowest BCUT2D eigenvalue weighted by Crippen LogP contribution is -2.41. The van der Waals surface area contributed by atoms with Gasteiger partial charge >= 0.3 is 0 Å². The third-order valence-electron chi connectivity index (χ3n) is 4.88. The highest BCUT2D eigenvalue weighted by Gasteiger charge is 2.23. The summed E-state index contributed by atoms with van der Waals surface area (Å²) < 4.78 is 31.1. The number of hydrogen-bond acceptors (Lipinski definition) is 4. The van der Waals surface area contributed by atoms with Gasteiger partial charge in [0.1, 0.15) is 12.3 Å². The highest BCUT2D eigenvalue weighted by Crippen LogP contribution is 2.24. The fraction of sp³-hybridized carbons (Fsp3) is 0.435. The predicted octanol–water partition coefficient (Wildman–Crippen LogP) is 3.93. The van der Waals surface area contributed by atoms with Crippen molar-refractivity contribution in [2.75, 3.05) is 24.2 Å². The molecule has 0 radical (unpaired) electrons. The van der Waals surface area contributed by atoms with Crippen molar-refractivity contribution in [3.8, 4) is 5.75 Å². The minimum Gasteiger partial charge on any atom is -0.497 e. The maximum absolute atomic E-state index is 12.8. The summed E-state index contributed by atoms with van der Waals surface area (Å²) in [6, 6.07) is 14.6. The van der Waals surface area contributed by atoms with Gasteiger partial charge in [-0.05, 0) is 54.2 Å². The van der Waals surface area contributed by atoms with Gasteiger partial charge in [0.15, 0.2) is 0 Å². The van der Waals surface area contributed by atoms with Gasteiger partial charge in [-0.1, -0.05) is 45.0 Å². The summed E-state index contributed by atoms with van der Waals surface area (Å²) in [7, 11) is -2.00. The van der Waals surface area contributed by atoms with E-state index < -0.39 is 10.0 Å². The van der Waals surface area contributed by atoms with Crippen LogP contribution in [0.2, 0.25) is 0 Å². The van der Waals surface area contributed by atoms with Crippen molar-refractivity contribution < 1.29 is 17.9 Å². The average molecular weight is 433 g/mol. The summed E-state index contributed by atoms with van der Waals surface area (Å²) in [5, 5.41) is 3.01. The number of sulfonamides is 1. The van der Waals surface area contributed by atoms with Gasteiger partial charge in [0.05, 0.1) is 25.1 Å². The maximum Gasteiger partial charge on any atom is 0.241 e. The van der Waals surface area contributed by atoms with Crippen LogP contribution in [0.25, 0.3) is 0 Å². The fourth-order valence-corrected chi connectivity index (χ4v) is 4.11. The standard InChI is InChI=1S/C23H32N2O4S/c1-6-18-7-11-20(12-8-18)25(30(5,27)28)16-23(26)24-22(15-17(2)3)19-9-13-21(29-4)14-10-19/h7-14,17,22H,6,15-16H2,1-5H3,(H,24,26)/t22-/m1/s1. The number of aryl methyl sites for hydroxylation is 1. The molecule has 2 aromatic carbocycles. The molecule has 0 aromatic heterocycles. The van der Waals surface area contributed by atoms with Gasteiger partial charge < -0.3 is 10.1 Å². The van der Waals surface area contributed by atoms with E-state index in [-0.39, 0.29) is 18.5 Å². The minimum absolute atomic E-state index is 0.215. The summed E-state index contributed by atoms with van der Waals surface area (Å²) in [5.74, 6) is 0.749. The Kier molecular flexibility index (Phi) is 8.29. The Bertz CT molecular complexity index is 923. The number of nitrogens with one attached hydrogen (secondary N) is 1. The first-order chi connectivity index (χ1) is 14.1. The molecule has 2 aromatic rings. The minimum atomic E-state index is -3.61. The van der Waals surface area contributed by atoms with Gasteiger partial charge in [-0.2, -0.15) is 0 Å². The van der Waals surface area contributed by atoms with E-state index in [4.69, 9.17) is 4.74 Å². The van der Waals surface area contributed by atoms with Crippen molar-refractivity contribution in [3.05, 3.63) is 59.7 Å². The van der Waals surface area contributed by atoms with Gasteiger partial charge in [0, 0.05) is 0 Å². The highest BCUT2D eigenvalue weighted by molar-refractivity contribution is 7.92. The summed E-state index contributed by atoms with van der Waals surface area (Å²) in [5.41, 5.74) is 2.54. The summed E-state index contributed by atoms with van der Waals surface area (Å²) in [6.45, 7) is 5.93. The second-order valence-electron chi connectivity index (χ2n) is 7.81. The molecule has 0 saturated carbocycles. The van der Waals surface area contributed by atoms with Gasteiger partial charge in [0.2, 0.25) is 15.9 Å². The first-order valence-electron chi connectivity index (χ1n) is 10.1. The molecular formula is C23H32N2O4S. The van der Waals surface area contributed by atoms with Crippen LogP contribution in [0.3, 0.4) is 0 Å². The van der Waals surface area contributed by atoms with Crippen LogP contribution < -0.4 is 14.4 Å². The second kappa shape index (κ2) is 10.5. The van der Waals surface area contributed by atoms with Gasteiger partial charge in [-0.25, -0.2) is 8.42 Å². The van der Waals surface area contributed by atoms with E-state index in [1.54, 1.807) is 19.2 Å². The lowest BCUT2D eigenvalue weighted by Gasteiger charge is -2.25. The summed E-state index contributed by atoms with van der Waals surface area (Å²) >= 11 is 0. The Labute approximate surface area is 180 Å². The third kappa shape index (κ3) is 6.76. The molecule has 7 heteroatoms. The Balaban J connectivity index is 2.21. The predicted molar refractivity (Wildman–Crippen MR) is 121 cm³/mol. The van der Waals surface area contributed by atoms with E-state index in [0.29, 0.717) is 11.6 Å². The van der Waals surface area contributed by atoms with E-state index >= 15 is 0 Å².